The standard InChI is InChI=1S/C24H23ClN2O/c1-27-15-14-17-8-2-4-10-19(17)23(27)16-18-9-3-7-13-22(18)26-24(28)20-11-5-6-12-21(20)25/h2-13,23H,14-16H2,1H3,(H,26,28). The number of carbonyl (C=O) groups is 1. The van der Waals surface area contributed by atoms with Crippen LogP contribution in [0.4, 0.5) is 5.69 Å². The Balaban J connectivity index is 1.61. The summed E-state index contributed by atoms with van der Waals surface area (Å²) in [7, 11) is 2.17. The molecular formula is C24H23ClN2O. The van der Waals surface area contributed by atoms with Gasteiger partial charge in [-0.2, -0.15) is 0 Å². The second-order valence-electron chi connectivity index (χ2n) is 7.24. The van der Waals surface area contributed by atoms with E-state index >= 15 is 0 Å². The average Bonchev–Trinajstić information content (AvgIpc) is 2.71. The molecule has 142 valence electrons. The zero-order valence-electron chi connectivity index (χ0n) is 15.9. The number of carbonyl (C=O) groups excluding carboxylic acids is 1. The fourth-order valence-electron chi connectivity index (χ4n) is 3.91. The maximum atomic E-state index is 12.7. The third kappa shape index (κ3) is 3.82. The fourth-order valence-corrected chi connectivity index (χ4v) is 4.13. The molecule has 0 bridgehead atoms. The van der Waals surface area contributed by atoms with Gasteiger partial charge >= 0.3 is 0 Å². The lowest BCUT2D eigenvalue weighted by molar-refractivity contribution is 0.102. The molecule has 1 N–H and O–H groups in total. The Morgan fingerprint density at radius 1 is 1.04 bits per heavy atom. The van der Waals surface area contributed by atoms with Gasteiger partial charge in [0, 0.05) is 18.3 Å². The normalized spacial score (nSPS) is 16.4. The van der Waals surface area contributed by atoms with E-state index in [9.17, 15) is 4.79 Å². The number of nitrogens with zero attached hydrogens (tertiary/aromatic N) is 1. The molecule has 0 spiro atoms. The summed E-state index contributed by atoms with van der Waals surface area (Å²) in [6.45, 7) is 1.04. The van der Waals surface area contributed by atoms with Crippen LogP contribution in [-0.4, -0.2) is 24.4 Å². The van der Waals surface area contributed by atoms with Crippen molar-refractivity contribution in [2.45, 2.75) is 18.9 Å². The molecule has 0 fully saturated rings. The summed E-state index contributed by atoms with van der Waals surface area (Å²) in [4.78, 5) is 15.1. The molecule has 3 aromatic carbocycles. The summed E-state index contributed by atoms with van der Waals surface area (Å²) in [6.07, 6.45) is 1.92. The molecular weight excluding hydrogens is 368 g/mol. The monoisotopic (exact) mass is 390 g/mol. The summed E-state index contributed by atoms with van der Waals surface area (Å²) in [6, 6.07) is 24.1. The first-order valence-corrected chi connectivity index (χ1v) is 9.93. The smallest absolute Gasteiger partial charge is 0.257 e. The molecule has 28 heavy (non-hydrogen) atoms. The SMILES string of the molecule is CN1CCc2ccccc2C1Cc1ccccc1NC(=O)c1ccccc1Cl. The lowest BCUT2D eigenvalue weighted by atomic mass is 9.88. The molecule has 3 aromatic rings. The average molecular weight is 391 g/mol. The Hall–Kier alpha value is -2.62. The number of hydrogen-bond acceptors (Lipinski definition) is 2. The summed E-state index contributed by atoms with van der Waals surface area (Å²) in [5, 5.41) is 3.51. The predicted octanol–water partition coefficient (Wildman–Crippen LogP) is 5.36. The molecule has 1 amide bonds. The Bertz CT molecular complexity index is 1000. The minimum Gasteiger partial charge on any atom is -0.322 e. The van der Waals surface area contributed by atoms with Crippen LogP contribution in [0, 0.1) is 0 Å². The van der Waals surface area contributed by atoms with Crippen molar-refractivity contribution in [3.05, 3.63) is 100 Å². The van der Waals surface area contributed by atoms with Crippen LogP contribution in [0.1, 0.15) is 33.1 Å². The number of fused-ring (bicyclic) bond motifs is 1. The zero-order chi connectivity index (χ0) is 19.5. The van der Waals surface area contributed by atoms with Gasteiger partial charge < -0.3 is 5.32 Å². The fraction of sp³-hybridized carbons (Fsp3) is 0.208. The van der Waals surface area contributed by atoms with Gasteiger partial charge in [0.05, 0.1) is 10.6 Å². The number of hydrogen-bond donors (Lipinski definition) is 1. The third-order valence-corrected chi connectivity index (χ3v) is 5.81. The second-order valence-corrected chi connectivity index (χ2v) is 7.65. The van der Waals surface area contributed by atoms with Gasteiger partial charge in [-0.05, 0) is 54.8 Å². The summed E-state index contributed by atoms with van der Waals surface area (Å²) >= 11 is 6.19. The molecule has 1 aliphatic heterocycles. The first kappa shape index (κ1) is 18.7. The number of anilines is 1. The van der Waals surface area contributed by atoms with Crippen molar-refractivity contribution in [3.8, 4) is 0 Å². The largest absolute Gasteiger partial charge is 0.322 e. The van der Waals surface area contributed by atoms with E-state index < -0.39 is 0 Å². The van der Waals surface area contributed by atoms with E-state index in [0.717, 1.165) is 30.6 Å². The van der Waals surface area contributed by atoms with Crippen LogP contribution in [0.2, 0.25) is 5.02 Å². The van der Waals surface area contributed by atoms with Crippen molar-refractivity contribution in [1.29, 1.82) is 0 Å². The van der Waals surface area contributed by atoms with E-state index in [0.29, 0.717) is 16.6 Å². The highest BCUT2D eigenvalue weighted by atomic mass is 35.5. The Labute approximate surface area is 171 Å². The van der Waals surface area contributed by atoms with Crippen molar-refractivity contribution in [2.75, 3.05) is 18.9 Å². The first-order chi connectivity index (χ1) is 13.6. The van der Waals surface area contributed by atoms with Gasteiger partial charge in [0.15, 0.2) is 0 Å². The molecule has 0 saturated heterocycles. The highest BCUT2D eigenvalue weighted by molar-refractivity contribution is 6.34. The Morgan fingerprint density at radius 2 is 1.75 bits per heavy atom. The number of amides is 1. The van der Waals surface area contributed by atoms with E-state index in [1.54, 1.807) is 12.1 Å². The molecule has 3 nitrogen and oxygen atoms in total. The molecule has 4 heteroatoms. The molecule has 1 atom stereocenters. The Kier molecular flexibility index (Phi) is 5.47. The second kappa shape index (κ2) is 8.17. The van der Waals surface area contributed by atoms with Crippen molar-refractivity contribution in [2.24, 2.45) is 0 Å². The van der Waals surface area contributed by atoms with Crippen LogP contribution in [-0.2, 0) is 12.8 Å². The van der Waals surface area contributed by atoms with E-state index in [4.69, 9.17) is 11.6 Å². The van der Waals surface area contributed by atoms with E-state index in [2.05, 4.69) is 47.6 Å². The van der Waals surface area contributed by atoms with Crippen LogP contribution < -0.4 is 5.32 Å². The van der Waals surface area contributed by atoms with Crippen LogP contribution in [0.5, 0.6) is 0 Å². The third-order valence-electron chi connectivity index (χ3n) is 5.48. The van der Waals surface area contributed by atoms with Crippen LogP contribution in [0.3, 0.4) is 0 Å². The van der Waals surface area contributed by atoms with Gasteiger partial charge in [0.25, 0.3) is 5.91 Å². The topological polar surface area (TPSA) is 32.3 Å². The molecule has 0 aliphatic carbocycles. The molecule has 1 aliphatic rings. The Morgan fingerprint density at radius 3 is 2.61 bits per heavy atom. The molecule has 0 radical (unpaired) electrons. The number of nitrogens with one attached hydrogen (secondary N) is 1. The maximum absolute atomic E-state index is 12.7. The minimum absolute atomic E-state index is 0.185. The number of benzene rings is 3. The molecule has 0 saturated carbocycles. The summed E-state index contributed by atoms with van der Waals surface area (Å²) < 4.78 is 0. The van der Waals surface area contributed by atoms with E-state index in [-0.39, 0.29) is 5.91 Å². The van der Waals surface area contributed by atoms with Gasteiger partial charge in [0.1, 0.15) is 0 Å². The van der Waals surface area contributed by atoms with Crippen molar-refractivity contribution in [3.63, 3.8) is 0 Å². The van der Waals surface area contributed by atoms with Crippen LogP contribution in [0.15, 0.2) is 72.8 Å². The highest BCUT2D eigenvalue weighted by Crippen LogP contribution is 2.33. The van der Waals surface area contributed by atoms with Crippen LogP contribution >= 0.6 is 11.6 Å². The first-order valence-electron chi connectivity index (χ1n) is 9.55. The van der Waals surface area contributed by atoms with Crippen molar-refractivity contribution < 1.29 is 4.79 Å². The van der Waals surface area contributed by atoms with Crippen molar-refractivity contribution in [1.82, 2.24) is 4.90 Å². The highest BCUT2D eigenvalue weighted by Gasteiger charge is 2.25. The molecule has 1 unspecified atom stereocenters. The minimum atomic E-state index is -0.185. The number of para-hydroxylation sites is 1. The molecule has 1 heterocycles. The van der Waals surface area contributed by atoms with Gasteiger partial charge in [-0.1, -0.05) is 66.2 Å². The predicted molar refractivity (Wildman–Crippen MR) is 115 cm³/mol. The van der Waals surface area contributed by atoms with E-state index in [1.807, 2.05) is 30.3 Å². The van der Waals surface area contributed by atoms with Gasteiger partial charge in [-0.15, -0.1) is 0 Å². The quantitative estimate of drug-likeness (QED) is 0.650. The zero-order valence-corrected chi connectivity index (χ0v) is 16.6. The van der Waals surface area contributed by atoms with Gasteiger partial charge in [-0.3, -0.25) is 9.69 Å². The van der Waals surface area contributed by atoms with E-state index in [1.165, 1.54) is 11.1 Å². The lowest BCUT2D eigenvalue weighted by Gasteiger charge is -2.35. The van der Waals surface area contributed by atoms with Crippen LogP contribution in [0.25, 0.3) is 0 Å². The molecule has 4 rings (SSSR count). The summed E-state index contributed by atoms with van der Waals surface area (Å²) in [5.41, 5.74) is 5.24. The van der Waals surface area contributed by atoms with Crippen molar-refractivity contribution >= 4 is 23.2 Å². The maximum Gasteiger partial charge on any atom is 0.257 e. The van der Waals surface area contributed by atoms with Gasteiger partial charge in [0.2, 0.25) is 0 Å². The molecule has 0 aromatic heterocycles. The number of likely N-dealkylation sites (N-methyl/N-ethyl adjacent to an activating group) is 1. The number of rotatable bonds is 4. The summed E-state index contributed by atoms with van der Waals surface area (Å²) in [5.74, 6) is -0.185. The van der Waals surface area contributed by atoms with Gasteiger partial charge in [-0.25, -0.2) is 0 Å². The number of halogens is 1. The lowest BCUT2D eigenvalue weighted by Crippen LogP contribution is -2.33.